The van der Waals surface area contributed by atoms with Crippen molar-refractivity contribution >= 4 is 15.9 Å². The van der Waals surface area contributed by atoms with E-state index >= 15 is 0 Å². The lowest BCUT2D eigenvalue weighted by Crippen LogP contribution is -2.26. The quantitative estimate of drug-likeness (QED) is 0.719. The van der Waals surface area contributed by atoms with Crippen LogP contribution in [0.5, 0.6) is 0 Å². The number of nitriles is 1. The van der Waals surface area contributed by atoms with Gasteiger partial charge in [-0.3, -0.25) is 4.79 Å². The average molecular weight is 299 g/mol. The van der Waals surface area contributed by atoms with E-state index in [-0.39, 0.29) is 13.0 Å². The lowest BCUT2D eigenvalue weighted by molar-refractivity contribution is -0.118. The summed E-state index contributed by atoms with van der Waals surface area (Å²) in [7, 11) is -3.95. The van der Waals surface area contributed by atoms with Gasteiger partial charge in [0.05, 0.1) is 0 Å². The highest BCUT2D eigenvalue weighted by atomic mass is 32.2. The molecule has 108 valence electrons. The first kappa shape index (κ1) is 16.1. The second kappa shape index (κ2) is 6.98. The van der Waals surface area contributed by atoms with Gasteiger partial charge in [-0.2, -0.15) is 5.26 Å². The number of nitrogens with zero attached hydrogens (tertiary/aromatic N) is 1. The van der Waals surface area contributed by atoms with Gasteiger partial charge in [-0.25, -0.2) is 17.5 Å². The molecule has 8 heteroatoms. The van der Waals surface area contributed by atoms with Gasteiger partial charge in [0, 0.05) is 13.0 Å². The van der Waals surface area contributed by atoms with Gasteiger partial charge in [0.1, 0.15) is 22.3 Å². The predicted molar refractivity (Wildman–Crippen MR) is 69.3 cm³/mol. The van der Waals surface area contributed by atoms with Gasteiger partial charge in [0.15, 0.2) is 0 Å². The van der Waals surface area contributed by atoms with Crippen LogP contribution < -0.4 is 10.5 Å². The van der Waals surface area contributed by atoms with Crippen LogP contribution in [0, 0.1) is 17.1 Å². The molecule has 20 heavy (non-hydrogen) atoms. The van der Waals surface area contributed by atoms with E-state index in [2.05, 4.69) is 4.72 Å². The van der Waals surface area contributed by atoms with Gasteiger partial charge >= 0.3 is 0 Å². The number of sulfonamides is 1. The Labute approximate surface area is 116 Å². The summed E-state index contributed by atoms with van der Waals surface area (Å²) in [5.74, 6) is -1.34. The summed E-state index contributed by atoms with van der Waals surface area (Å²) in [4.78, 5) is 10.1. The highest BCUT2D eigenvalue weighted by Gasteiger charge is 2.20. The number of hydrogen-bond acceptors (Lipinski definition) is 4. The van der Waals surface area contributed by atoms with E-state index in [1.165, 1.54) is 12.1 Å². The molecular formula is C12H14FN3O3S. The summed E-state index contributed by atoms with van der Waals surface area (Å²) >= 11 is 0. The van der Waals surface area contributed by atoms with E-state index in [0.717, 1.165) is 12.1 Å². The maximum absolute atomic E-state index is 13.3. The minimum Gasteiger partial charge on any atom is -0.370 e. The second-order valence-electron chi connectivity index (χ2n) is 4.05. The Hall–Kier alpha value is -1.98. The summed E-state index contributed by atoms with van der Waals surface area (Å²) in [6.45, 7) is 0.0804. The molecule has 1 aromatic rings. The molecule has 0 aliphatic rings. The number of nitrogens with two attached hydrogens (primary N) is 1. The van der Waals surface area contributed by atoms with Crippen LogP contribution in [0.25, 0.3) is 0 Å². The van der Waals surface area contributed by atoms with Crippen LogP contribution in [0.3, 0.4) is 0 Å². The fourth-order valence-corrected chi connectivity index (χ4v) is 2.78. The van der Waals surface area contributed by atoms with Crippen LogP contribution in [0.2, 0.25) is 0 Å². The van der Waals surface area contributed by atoms with Crippen molar-refractivity contribution in [1.29, 1.82) is 5.26 Å². The Bertz CT molecular complexity index is 638. The third-order valence-corrected chi connectivity index (χ3v) is 4.02. The minimum absolute atomic E-state index is 0.0804. The number of carbonyl (C=O) groups excluding carboxylic acids is 1. The Balaban J connectivity index is 2.73. The third-order valence-electron chi connectivity index (χ3n) is 2.52. The largest absolute Gasteiger partial charge is 0.370 e. The lowest BCUT2D eigenvalue weighted by atomic mass is 10.2. The zero-order valence-electron chi connectivity index (χ0n) is 10.6. The Morgan fingerprint density at radius 3 is 2.70 bits per heavy atom. The highest BCUT2D eigenvalue weighted by Crippen LogP contribution is 2.17. The highest BCUT2D eigenvalue weighted by molar-refractivity contribution is 7.89. The molecule has 0 saturated carbocycles. The molecule has 0 atom stereocenters. The number of amides is 1. The number of primary amides is 1. The van der Waals surface area contributed by atoms with Gasteiger partial charge in [-0.05, 0) is 25.0 Å². The van der Waals surface area contributed by atoms with Crippen LogP contribution in [0.4, 0.5) is 4.39 Å². The molecule has 0 fully saturated rings. The van der Waals surface area contributed by atoms with Crippen LogP contribution in [0.15, 0.2) is 23.1 Å². The van der Waals surface area contributed by atoms with Crippen LogP contribution in [0.1, 0.15) is 24.8 Å². The average Bonchev–Trinajstić information content (AvgIpc) is 2.37. The molecule has 0 spiro atoms. The maximum atomic E-state index is 13.3. The second-order valence-corrected chi connectivity index (χ2v) is 5.78. The van der Waals surface area contributed by atoms with E-state index < -0.39 is 32.2 Å². The van der Waals surface area contributed by atoms with Gasteiger partial charge in [-0.1, -0.05) is 6.07 Å². The molecule has 0 aromatic heterocycles. The number of hydrogen-bond donors (Lipinski definition) is 2. The smallest absolute Gasteiger partial charge is 0.241 e. The van der Waals surface area contributed by atoms with Crippen LogP contribution >= 0.6 is 0 Å². The first-order valence-electron chi connectivity index (χ1n) is 5.85. The Kier molecular flexibility index (Phi) is 5.61. The van der Waals surface area contributed by atoms with Crippen LogP contribution in [-0.2, 0) is 14.8 Å². The SMILES string of the molecule is N#Cc1c(F)cccc1S(=O)(=O)NCCCCC(N)=O. The first-order valence-corrected chi connectivity index (χ1v) is 7.33. The van der Waals surface area contributed by atoms with Crippen molar-refractivity contribution in [2.24, 2.45) is 5.73 Å². The monoisotopic (exact) mass is 299 g/mol. The van der Waals surface area contributed by atoms with Gasteiger partial charge in [0.25, 0.3) is 0 Å². The number of unbranched alkanes of at least 4 members (excludes halogenated alkanes) is 1. The van der Waals surface area contributed by atoms with Gasteiger partial charge < -0.3 is 5.73 Å². The summed E-state index contributed by atoms with van der Waals surface area (Å²) in [5, 5.41) is 8.80. The topological polar surface area (TPSA) is 113 Å². The molecule has 0 heterocycles. The zero-order valence-corrected chi connectivity index (χ0v) is 11.4. The standard InChI is InChI=1S/C12H14FN3O3S/c13-10-4-3-5-11(9(10)8-14)20(18,19)16-7-2-1-6-12(15)17/h3-5,16H,1-2,6-7H2,(H2,15,17). The molecular weight excluding hydrogens is 285 g/mol. The molecule has 1 amide bonds. The first-order chi connectivity index (χ1) is 9.38. The van der Waals surface area contributed by atoms with Crippen molar-refractivity contribution in [3.05, 3.63) is 29.6 Å². The fraction of sp³-hybridized carbons (Fsp3) is 0.333. The Morgan fingerprint density at radius 2 is 2.10 bits per heavy atom. The summed E-state index contributed by atoms with van der Waals surface area (Å²) in [6, 6.07) is 4.93. The van der Waals surface area contributed by atoms with E-state index in [1.807, 2.05) is 0 Å². The molecule has 1 aromatic carbocycles. The fourth-order valence-electron chi connectivity index (χ4n) is 1.55. The zero-order chi connectivity index (χ0) is 15.2. The molecule has 0 aliphatic carbocycles. The number of nitrogens with one attached hydrogen (secondary N) is 1. The molecule has 0 bridgehead atoms. The van der Waals surface area contributed by atoms with E-state index in [1.54, 1.807) is 0 Å². The van der Waals surface area contributed by atoms with Crippen molar-refractivity contribution in [2.45, 2.75) is 24.2 Å². The normalized spacial score (nSPS) is 11.0. The van der Waals surface area contributed by atoms with Gasteiger partial charge in [-0.15, -0.1) is 0 Å². The molecule has 6 nitrogen and oxygen atoms in total. The molecule has 0 saturated heterocycles. The summed E-state index contributed by atoms with van der Waals surface area (Å²) < 4.78 is 39.5. The Morgan fingerprint density at radius 1 is 1.40 bits per heavy atom. The van der Waals surface area contributed by atoms with E-state index in [0.29, 0.717) is 12.8 Å². The minimum atomic E-state index is -3.95. The number of rotatable bonds is 7. The van der Waals surface area contributed by atoms with Crippen molar-refractivity contribution in [1.82, 2.24) is 4.72 Å². The van der Waals surface area contributed by atoms with Crippen molar-refractivity contribution in [3.63, 3.8) is 0 Å². The summed E-state index contributed by atoms with van der Waals surface area (Å²) in [6.07, 6.45) is 1.04. The molecule has 1 rings (SSSR count). The number of benzene rings is 1. The summed E-state index contributed by atoms with van der Waals surface area (Å²) in [5.41, 5.74) is 4.43. The third kappa shape index (κ3) is 4.29. The number of halogens is 1. The van der Waals surface area contributed by atoms with Gasteiger partial charge in [0.2, 0.25) is 15.9 Å². The molecule has 0 radical (unpaired) electrons. The maximum Gasteiger partial charge on any atom is 0.241 e. The van der Waals surface area contributed by atoms with Crippen molar-refractivity contribution in [2.75, 3.05) is 6.54 Å². The lowest BCUT2D eigenvalue weighted by Gasteiger charge is -2.08. The van der Waals surface area contributed by atoms with E-state index in [9.17, 15) is 17.6 Å². The van der Waals surface area contributed by atoms with Crippen LogP contribution in [-0.4, -0.2) is 20.9 Å². The number of carbonyl (C=O) groups is 1. The van der Waals surface area contributed by atoms with Crippen molar-refractivity contribution in [3.8, 4) is 6.07 Å². The van der Waals surface area contributed by atoms with Crippen molar-refractivity contribution < 1.29 is 17.6 Å². The molecule has 0 aliphatic heterocycles. The predicted octanol–water partition coefficient (Wildman–Crippen LogP) is 0.631. The van der Waals surface area contributed by atoms with E-state index in [4.69, 9.17) is 11.0 Å². The molecule has 0 unspecified atom stereocenters. The molecule has 3 N–H and O–H groups in total.